The molecule has 0 atom stereocenters. The summed E-state index contributed by atoms with van der Waals surface area (Å²) in [4.78, 5) is 10.0. The largest absolute Gasteiger partial charge is 0.369 e. The van der Waals surface area contributed by atoms with Crippen molar-refractivity contribution in [3.63, 3.8) is 0 Å². The van der Waals surface area contributed by atoms with E-state index in [1.165, 1.54) is 0 Å². The van der Waals surface area contributed by atoms with Crippen LogP contribution in [0.3, 0.4) is 0 Å². The van der Waals surface area contributed by atoms with Gasteiger partial charge in [-0.2, -0.15) is 0 Å². The predicted molar refractivity (Wildman–Crippen MR) is 116 cm³/mol. The Morgan fingerprint density at radius 1 is 1.00 bits per heavy atom. The molecule has 0 aliphatic heterocycles. The number of halogens is 4. The maximum absolute atomic E-state index is 5.31. The smallest absolute Gasteiger partial charge is 0.126 e. The van der Waals surface area contributed by atoms with Crippen LogP contribution in [0.4, 0.5) is 5.82 Å². The number of anilines is 1. The molecule has 2 heterocycles. The van der Waals surface area contributed by atoms with Gasteiger partial charge in [-0.3, -0.25) is 0 Å². The van der Waals surface area contributed by atoms with Crippen LogP contribution in [0, 0.1) is 0 Å². The molecule has 22 heavy (non-hydrogen) atoms. The van der Waals surface area contributed by atoms with E-state index in [1.54, 1.807) is 12.4 Å². The summed E-state index contributed by atoms with van der Waals surface area (Å²) in [5.74, 6) is 0.860. The third kappa shape index (κ3) is 12.7. The highest BCUT2D eigenvalue weighted by Crippen LogP contribution is 2.10. The van der Waals surface area contributed by atoms with Crippen LogP contribution in [0.2, 0.25) is 0 Å². The summed E-state index contributed by atoms with van der Waals surface area (Å²) in [5, 5.41) is 3.06. The molecule has 124 valence electrons. The lowest BCUT2D eigenvalue weighted by molar-refractivity contribution is 1.01. The molecule has 8 heteroatoms. The van der Waals surface area contributed by atoms with Gasteiger partial charge in [0.25, 0.3) is 0 Å². The van der Waals surface area contributed by atoms with Crippen LogP contribution >= 0.6 is 70.4 Å². The Labute approximate surface area is 171 Å². The monoisotopic (exact) mass is 608 g/mol. The van der Waals surface area contributed by atoms with Gasteiger partial charge in [-0.25, -0.2) is 9.97 Å². The van der Waals surface area contributed by atoms with E-state index in [9.17, 15) is 0 Å². The van der Waals surface area contributed by atoms with Crippen molar-refractivity contribution in [3.8, 4) is 0 Å². The molecule has 0 fully saturated rings. The lowest BCUT2D eigenvalue weighted by atomic mass is 10.4. The van der Waals surface area contributed by atoms with Gasteiger partial charge in [-0.1, -0.05) is 30.0 Å². The van der Waals surface area contributed by atoms with E-state index in [0.29, 0.717) is 6.54 Å². The minimum atomic E-state index is 0. The highest BCUT2D eigenvalue weighted by atomic mass is 127. The van der Waals surface area contributed by atoms with E-state index in [1.807, 2.05) is 29.2 Å². The van der Waals surface area contributed by atoms with Crippen LogP contribution in [0.5, 0.6) is 0 Å². The molecule has 3 N–H and O–H groups in total. The molecule has 0 aromatic carbocycles. The molecule has 4 nitrogen and oxygen atoms in total. The molecule has 0 saturated heterocycles. The Kier molecular flexibility index (Phi) is 17.9. The molecular weight excluding hydrogens is 591 g/mol. The van der Waals surface area contributed by atoms with Crippen molar-refractivity contribution in [1.82, 2.24) is 9.97 Å². The second-order valence-electron chi connectivity index (χ2n) is 3.38. The number of hydrogen-bond donors (Lipinski definition) is 2. The van der Waals surface area contributed by atoms with Crippen LogP contribution in [0.15, 0.2) is 50.2 Å². The van der Waals surface area contributed by atoms with Gasteiger partial charge in [-0.05, 0) is 77.0 Å². The number of nitrogens with zero attached hydrogens (tertiary/aromatic N) is 2. The molecule has 2 rings (SSSR count). The maximum atomic E-state index is 5.31. The van der Waals surface area contributed by atoms with Crippen LogP contribution in [0.25, 0.3) is 0 Å². The summed E-state index contributed by atoms with van der Waals surface area (Å²) in [6.45, 7) is 1.38. The van der Waals surface area contributed by atoms with Crippen LogP contribution < -0.4 is 11.1 Å². The minimum Gasteiger partial charge on any atom is -0.369 e. The summed E-state index contributed by atoms with van der Waals surface area (Å²) < 4.78 is 2.84. The van der Waals surface area contributed by atoms with Gasteiger partial charge in [-0.15, -0.1) is 0 Å². The number of rotatable bonds is 3. The van der Waals surface area contributed by atoms with Crippen molar-refractivity contribution in [2.75, 3.05) is 23.3 Å². The second-order valence-corrected chi connectivity index (χ2v) is 6.02. The summed E-state index contributed by atoms with van der Waals surface area (Å²) >= 11 is 11.9. The van der Waals surface area contributed by atoms with E-state index in [-0.39, 0.29) is 7.43 Å². The molecule has 0 spiro atoms. The molecule has 0 saturated carbocycles. The molecule has 2 aromatic heterocycles. The third-order valence-electron chi connectivity index (χ3n) is 1.87. The second kappa shape index (κ2) is 16.1. The van der Waals surface area contributed by atoms with E-state index in [4.69, 9.17) is 5.73 Å². The molecule has 0 unspecified atom stereocenters. The zero-order chi connectivity index (χ0) is 16.1. The van der Waals surface area contributed by atoms with E-state index >= 15 is 0 Å². The fraction of sp³-hybridized carbons (Fsp3) is 0.286. The first-order valence-corrected chi connectivity index (χ1v) is 10.4. The molecule has 0 amide bonds. The SMILES string of the molecule is Brc1ccc(Br)nc1.C.CI.NCCNc1ccc(Br)cn1. The normalized spacial score (nSPS) is 8.45. The zero-order valence-corrected chi connectivity index (χ0v) is 18.3. The van der Waals surface area contributed by atoms with Gasteiger partial charge in [0, 0.05) is 34.4 Å². The van der Waals surface area contributed by atoms with Gasteiger partial charge in [0.05, 0.1) is 0 Å². The lowest BCUT2D eigenvalue weighted by Gasteiger charge is -2.01. The van der Waals surface area contributed by atoms with Gasteiger partial charge in [0.2, 0.25) is 0 Å². The van der Waals surface area contributed by atoms with E-state index in [0.717, 1.165) is 25.9 Å². The van der Waals surface area contributed by atoms with Gasteiger partial charge in [0.15, 0.2) is 0 Å². The highest BCUT2D eigenvalue weighted by molar-refractivity contribution is 14.1. The van der Waals surface area contributed by atoms with Gasteiger partial charge < -0.3 is 11.1 Å². The highest BCUT2D eigenvalue weighted by Gasteiger charge is 1.90. The fourth-order valence-electron chi connectivity index (χ4n) is 1.04. The van der Waals surface area contributed by atoms with E-state index in [2.05, 4.69) is 85.7 Å². The number of hydrogen-bond acceptors (Lipinski definition) is 4. The number of nitrogens with one attached hydrogen (secondary N) is 1. The summed E-state index contributed by atoms with van der Waals surface area (Å²) in [6, 6.07) is 7.65. The summed E-state index contributed by atoms with van der Waals surface area (Å²) in [5.41, 5.74) is 5.31. The van der Waals surface area contributed by atoms with Crippen molar-refractivity contribution >= 4 is 76.2 Å². The third-order valence-corrected chi connectivity index (χ3v) is 3.28. The Balaban J connectivity index is 0. The summed E-state index contributed by atoms with van der Waals surface area (Å²) in [7, 11) is 0. The molecule has 0 aliphatic carbocycles. The van der Waals surface area contributed by atoms with Crippen molar-refractivity contribution in [3.05, 3.63) is 50.2 Å². The number of alkyl halides is 1. The predicted octanol–water partition coefficient (Wildman–Crippen LogP) is 5.51. The molecule has 0 bridgehead atoms. The van der Waals surface area contributed by atoms with Crippen LogP contribution in [0.1, 0.15) is 7.43 Å². The zero-order valence-electron chi connectivity index (χ0n) is 11.4. The molecule has 2 aromatic rings. The Morgan fingerprint density at radius 2 is 1.55 bits per heavy atom. The molecular formula is C14H20Br3IN4. The fourth-order valence-corrected chi connectivity index (χ4v) is 1.74. The minimum absolute atomic E-state index is 0. The first-order chi connectivity index (χ1) is 10.1. The molecule has 0 aliphatic rings. The molecule has 0 radical (unpaired) electrons. The van der Waals surface area contributed by atoms with Crippen LogP contribution in [-0.4, -0.2) is 28.0 Å². The first kappa shape index (κ1) is 24.5. The van der Waals surface area contributed by atoms with Crippen molar-refractivity contribution in [2.24, 2.45) is 5.73 Å². The topological polar surface area (TPSA) is 63.8 Å². The number of aromatic nitrogens is 2. The number of pyridine rings is 2. The average Bonchev–Trinajstić information content (AvgIpc) is 2.52. The van der Waals surface area contributed by atoms with Crippen molar-refractivity contribution in [1.29, 1.82) is 0 Å². The van der Waals surface area contributed by atoms with Gasteiger partial charge in [0.1, 0.15) is 10.4 Å². The summed E-state index contributed by atoms with van der Waals surface area (Å²) in [6.07, 6.45) is 3.49. The lowest BCUT2D eigenvalue weighted by Crippen LogP contribution is -2.13. The Morgan fingerprint density at radius 3 is 1.91 bits per heavy atom. The van der Waals surface area contributed by atoms with Crippen molar-refractivity contribution < 1.29 is 0 Å². The standard InChI is InChI=1S/C7H10BrN3.C5H3Br2N.CH3I.CH4/c8-6-1-2-7(11-5-6)10-4-3-9;6-4-1-2-5(7)8-3-4;1-2;/h1-2,5H,3-4,9H2,(H,10,11);1-3H;1H3;1H4. The van der Waals surface area contributed by atoms with Crippen molar-refractivity contribution in [2.45, 2.75) is 7.43 Å². The maximum Gasteiger partial charge on any atom is 0.126 e. The number of nitrogens with two attached hydrogens (primary N) is 1. The first-order valence-electron chi connectivity index (χ1n) is 5.82. The van der Waals surface area contributed by atoms with Crippen LogP contribution in [-0.2, 0) is 0 Å². The average molecular weight is 611 g/mol. The van der Waals surface area contributed by atoms with Gasteiger partial charge >= 0.3 is 0 Å². The quantitative estimate of drug-likeness (QED) is 0.273. The Hall–Kier alpha value is 0.230. The Bertz CT molecular complexity index is 459. The van der Waals surface area contributed by atoms with E-state index < -0.39 is 0 Å².